The van der Waals surface area contributed by atoms with E-state index in [0.29, 0.717) is 21.7 Å². The number of carbonyl (C=O) groups is 2. The molecule has 0 aliphatic heterocycles. The second kappa shape index (κ2) is 11.1. The van der Waals surface area contributed by atoms with E-state index in [1.165, 1.54) is 23.1 Å². The molecule has 0 fully saturated rings. The summed E-state index contributed by atoms with van der Waals surface area (Å²) in [5.74, 6) is 0.400. The monoisotopic (exact) mass is 570 g/mol. The first-order valence-corrected chi connectivity index (χ1v) is 13.4. The smallest absolute Gasteiger partial charge is 0.251 e. The van der Waals surface area contributed by atoms with Gasteiger partial charge in [-0.1, -0.05) is 57.5 Å². The minimum atomic E-state index is -0.351. The van der Waals surface area contributed by atoms with Crippen molar-refractivity contribution in [3.8, 4) is 11.3 Å². The fraction of sp³-hybridized carbons (Fsp3) is 0.208. The van der Waals surface area contributed by atoms with Crippen molar-refractivity contribution >= 4 is 56.0 Å². The van der Waals surface area contributed by atoms with Crippen LogP contribution in [0, 0.1) is 6.92 Å². The topological polar surface area (TPSA) is 102 Å². The van der Waals surface area contributed by atoms with E-state index in [4.69, 9.17) is 0 Å². The lowest BCUT2D eigenvalue weighted by molar-refractivity contribution is -0.113. The third-order valence-corrected chi connectivity index (χ3v) is 7.41. The standard InChI is InChI=1S/C24H23BrN6O2S2/c1-14-5-4-6-17(11-14)22(33)26-15(2)21-29-30-24(31(21)3)35-13-20(32)28-23-27-19(12-34-23)16-7-9-18(25)10-8-16/h4-12,15H,13H2,1-3H3,(H,26,33)(H,27,28,32)/t15-/m0/s1. The normalized spacial score (nSPS) is 11.8. The Kier molecular flexibility index (Phi) is 7.99. The first kappa shape index (κ1) is 25.1. The summed E-state index contributed by atoms with van der Waals surface area (Å²) in [4.78, 5) is 29.5. The molecule has 2 aromatic carbocycles. The number of benzene rings is 2. The summed E-state index contributed by atoms with van der Waals surface area (Å²) in [5.41, 5.74) is 3.40. The number of thioether (sulfide) groups is 1. The average Bonchev–Trinajstić information content (AvgIpc) is 3.44. The zero-order chi connectivity index (χ0) is 24.9. The molecule has 0 unspecified atom stereocenters. The van der Waals surface area contributed by atoms with Crippen molar-refractivity contribution in [3.63, 3.8) is 0 Å². The quantitative estimate of drug-likeness (QED) is 0.281. The molecule has 1 atom stereocenters. The predicted molar refractivity (Wildman–Crippen MR) is 143 cm³/mol. The third kappa shape index (κ3) is 6.36. The summed E-state index contributed by atoms with van der Waals surface area (Å²) in [6.45, 7) is 3.79. The fourth-order valence-electron chi connectivity index (χ4n) is 3.33. The van der Waals surface area contributed by atoms with Crippen molar-refractivity contribution in [2.24, 2.45) is 7.05 Å². The van der Waals surface area contributed by atoms with Crippen molar-refractivity contribution < 1.29 is 9.59 Å². The van der Waals surface area contributed by atoms with Crippen LogP contribution in [0.25, 0.3) is 11.3 Å². The highest BCUT2D eigenvalue weighted by Crippen LogP contribution is 2.26. The molecule has 2 amide bonds. The number of halogens is 1. The molecule has 2 aromatic heterocycles. The Morgan fingerprint density at radius 1 is 1.17 bits per heavy atom. The summed E-state index contributed by atoms with van der Waals surface area (Å²) in [6, 6.07) is 14.9. The fourth-order valence-corrected chi connectivity index (χ4v) is 5.05. The van der Waals surface area contributed by atoms with Crippen molar-refractivity contribution in [1.29, 1.82) is 0 Å². The minimum absolute atomic E-state index is 0.156. The molecule has 0 aliphatic carbocycles. The van der Waals surface area contributed by atoms with Crippen LogP contribution in [-0.4, -0.2) is 37.3 Å². The van der Waals surface area contributed by atoms with Gasteiger partial charge in [0.05, 0.1) is 17.5 Å². The van der Waals surface area contributed by atoms with Gasteiger partial charge in [-0.25, -0.2) is 4.98 Å². The van der Waals surface area contributed by atoms with Crippen LogP contribution in [0.5, 0.6) is 0 Å². The number of nitrogens with zero attached hydrogens (tertiary/aromatic N) is 4. The molecule has 0 bridgehead atoms. The molecule has 2 N–H and O–H groups in total. The number of amides is 2. The highest BCUT2D eigenvalue weighted by molar-refractivity contribution is 9.10. The van der Waals surface area contributed by atoms with Crippen molar-refractivity contribution in [1.82, 2.24) is 25.1 Å². The van der Waals surface area contributed by atoms with E-state index < -0.39 is 0 Å². The van der Waals surface area contributed by atoms with E-state index in [0.717, 1.165) is 21.3 Å². The van der Waals surface area contributed by atoms with E-state index in [1.807, 2.05) is 68.7 Å². The van der Waals surface area contributed by atoms with Gasteiger partial charge in [-0.15, -0.1) is 21.5 Å². The molecule has 0 saturated carbocycles. The van der Waals surface area contributed by atoms with E-state index in [9.17, 15) is 9.59 Å². The van der Waals surface area contributed by atoms with Crippen molar-refractivity contribution in [3.05, 3.63) is 75.3 Å². The Morgan fingerprint density at radius 2 is 1.94 bits per heavy atom. The maximum atomic E-state index is 12.6. The van der Waals surface area contributed by atoms with Crippen LogP contribution in [0.1, 0.15) is 34.7 Å². The van der Waals surface area contributed by atoms with Gasteiger partial charge in [0.15, 0.2) is 16.1 Å². The van der Waals surface area contributed by atoms with Gasteiger partial charge in [-0.3, -0.25) is 9.59 Å². The summed E-state index contributed by atoms with van der Waals surface area (Å²) in [7, 11) is 1.82. The Bertz CT molecular complexity index is 1350. The first-order valence-electron chi connectivity index (χ1n) is 10.7. The molecule has 8 nitrogen and oxygen atoms in total. The molecule has 0 aliphatic rings. The zero-order valence-corrected chi connectivity index (χ0v) is 22.5. The predicted octanol–water partition coefficient (Wildman–Crippen LogP) is 5.23. The number of carbonyl (C=O) groups excluding carboxylic acids is 2. The number of aryl methyl sites for hydroxylation is 1. The van der Waals surface area contributed by atoms with E-state index in [2.05, 4.69) is 41.7 Å². The van der Waals surface area contributed by atoms with Gasteiger partial charge in [0.25, 0.3) is 5.91 Å². The Morgan fingerprint density at radius 3 is 2.69 bits per heavy atom. The molecular formula is C24H23BrN6O2S2. The summed E-state index contributed by atoms with van der Waals surface area (Å²) >= 11 is 6.07. The second-order valence-electron chi connectivity index (χ2n) is 7.85. The number of hydrogen-bond donors (Lipinski definition) is 2. The second-order valence-corrected chi connectivity index (χ2v) is 10.6. The van der Waals surface area contributed by atoms with Crippen LogP contribution in [0.3, 0.4) is 0 Å². The van der Waals surface area contributed by atoms with E-state index in [1.54, 1.807) is 10.6 Å². The van der Waals surface area contributed by atoms with Gasteiger partial charge >= 0.3 is 0 Å². The number of thiazole rings is 1. The number of aromatic nitrogens is 4. The van der Waals surface area contributed by atoms with Crippen LogP contribution in [0.2, 0.25) is 0 Å². The van der Waals surface area contributed by atoms with Gasteiger partial charge in [0.1, 0.15) is 0 Å². The minimum Gasteiger partial charge on any atom is -0.342 e. The van der Waals surface area contributed by atoms with Gasteiger partial charge < -0.3 is 15.2 Å². The van der Waals surface area contributed by atoms with Crippen LogP contribution < -0.4 is 10.6 Å². The molecular weight excluding hydrogens is 548 g/mol. The number of anilines is 1. The van der Waals surface area contributed by atoms with Gasteiger partial charge in [-0.05, 0) is 38.1 Å². The molecule has 35 heavy (non-hydrogen) atoms. The Balaban J connectivity index is 1.32. The SMILES string of the molecule is Cc1cccc(C(=O)N[C@@H](C)c2nnc(SCC(=O)Nc3nc(-c4ccc(Br)cc4)cs3)n2C)c1. The molecule has 0 radical (unpaired) electrons. The molecule has 180 valence electrons. The van der Waals surface area contributed by atoms with Gasteiger partial charge in [0, 0.05) is 28.0 Å². The molecule has 2 heterocycles. The maximum Gasteiger partial charge on any atom is 0.251 e. The highest BCUT2D eigenvalue weighted by atomic mass is 79.9. The summed E-state index contributed by atoms with van der Waals surface area (Å²) in [5, 5.41) is 17.2. The number of rotatable bonds is 8. The Hall–Kier alpha value is -3.02. The van der Waals surface area contributed by atoms with E-state index in [-0.39, 0.29) is 23.6 Å². The zero-order valence-electron chi connectivity index (χ0n) is 19.3. The summed E-state index contributed by atoms with van der Waals surface area (Å²) in [6.07, 6.45) is 0. The maximum absolute atomic E-state index is 12.6. The first-order chi connectivity index (χ1) is 16.8. The largest absolute Gasteiger partial charge is 0.342 e. The van der Waals surface area contributed by atoms with Crippen LogP contribution in [-0.2, 0) is 11.8 Å². The number of hydrogen-bond acceptors (Lipinski definition) is 7. The van der Waals surface area contributed by atoms with Crippen LogP contribution >= 0.6 is 39.0 Å². The van der Waals surface area contributed by atoms with Crippen LogP contribution in [0.4, 0.5) is 5.13 Å². The average molecular weight is 572 g/mol. The van der Waals surface area contributed by atoms with Crippen LogP contribution in [0.15, 0.2) is 63.5 Å². The molecule has 4 rings (SSSR count). The van der Waals surface area contributed by atoms with Crippen molar-refractivity contribution in [2.75, 3.05) is 11.1 Å². The molecule has 11 heteroatoms. The van der Waals surface area contributed by atoms with E-state index >= 15 is 0 Å². The third-order valence-electron chi connectivity index (χ3n) is 5.11. The lowest BCUT2D eigenvalue weighted by Crippen LogP contribution is -2.28. The lowest BCUT2D eigenvalue weighted by atomic mass is 10.1. The van der Waals surface area contributed by atoms with Gasteiger partial charge in [-0.2, -0.15) is 0 Å². The van der Waals surface area contributed by atoms with Gasteiger partial charge in [0.2, 0.25) is 5.91 Å². The molecule has 4 aromatic rings. The van der Waals surface area contributed by atoms with Crippen molar-refractivity contribution in [2.45, 2.75) is 25.0 Å². The summed E-state index contributed by atoms with van der Waals surface area (Å²) < 4.78 is 2.78. The molecule has 0 saturated heterocycles. The number of nitrogens with one attached hydrogen (secondary N) is 2. The Labute approximate surface area is 219 Å². The molecule has 0 spiro atoms. The highest BCUT2D eigenvalue weighted by Gasteiger charge is 2.19. The lowest BCUT2D eigenvalue weighted by Gasteiger charge is -2.14.